The summed E-state index contributed by atoms with van der Waals surface area (Å²) >= 11 is 1.41. The molecule has 2 aliphatic heterocycles. The number of thiazole rings is 1. The fraction of sp³-hybridized carbons (Fsp3) is 0.507. The fourth-order valence-electron chi connectivity index (χ4n) is 16.8. The van der Waals surface area contributed by atoms with Crippen LogP contribution in [0.3, 0.4) is 0 Å². The predicted octanol–water partition coefficient (Wildman–Crippen LogP) is 10.1. The Hall–Kier alpha value is -8.96. The Morgan fingerprint density at radius 2 is 1.53 bits per heavy atom. The van der Waals surface area contributed by atoms with E-state index >= 15 is 0 Å². The number of ether oxygens (including phenoxy) is 3. The highest BCUT2D eigenvalue weighted by Crippen LogP contribution is 2.72. The van der Waals surface area contributed by atoms with Gasteiger partial charge in [0.1, 0.15) is 24.5 Å². The maximum absolute atomic E-state index is 13.8. The molecule has 3 aromatic carbocycles. The average Bonchev–Trinajstić information content (AvgIpc) is 1.64. The number of para-hydroxylation sites is 1. The number of rotatable bonds is 33. The Morgan fingerprint density at radius 3 is 2.26 bits per heavy atom. The summed E-state index contributed by atoms with van der Waals surface area (Å²) in [6, 6.07) is 20.3. The minimum absolute atomic E-state index is 0.0213. The van der Waals surface area contributed by atoms with E-state index < -0.39 is 57.4 Å². The summed E-state index contributed by atoms with van der Waals surface area (Å²) in [5.74, 6) is -3.84. The Bertz CT molecular complexity index is 4310. The van der Waals surface area contributed by atoms with Crippen molar-refractivity contribution in [3.8, 4) is 11.1 Å². The monoisotopic (exact) mass is 1450 g/mol. The quantitative estimate of drug-likeness (QED) is 0.0127. The van der Waals surface area contributed by atoms with Crippen molar-refractivity contribution in [2.24, 2.45) is 22.2 Å². The standard InChI is InChI=1S/C75H93N11O15S2/c1-47(2)64(81-61(87)21-9-8-12-29-85-62(88)26-27-63(85)89)68(92)77-48(3)66(90)78-53-23-22-52(51(36-53)17-14-32-99-33-15-35-103(96,97)98)39-100-71(95)83(7)31-34-101-75-43-72(5)40-73(6,44-75)42-74(41-72,45-75)46-86-49(4)56(37-76-86)54-24-25-60(80-65(54)69(93)94)84-30-28-50-16-13-18-55(57(50)38-84)67(91)82-70-79-58-19-10-11-20-59(58)102-70/h10-11,13,16,18-20,22-27,36-37,47-48,64H,8-9,12,14-15,17,21,28-35,38-46H2,1-7H3,(H,77,92)(H,78,90)(H,81,87)(H,93,94)(H,79,82,91)(H,96,97,98)/t48-,64?,72?,73?,74?,75?/m0/s1. The van der Waals surface area contributed by atoms with Gasteiger partial charge in [-0.1, -0.05) is 75.8 Å². The van der Waals surface area contributed by atoms with Crippen molar-refractivity contribution >= 4 is 95.8 Å². The summed E-state index contributed by atoms with van der Waals surface area (Å²) < 4.78 is 53.3. The number of unbranched alkanes of at least 4 members (excludes halogenated alkanes) is 2. The highest BCUT2D eigenvalue weighted by Gasteiger charge is 2.66. The maximum Gasteiger partial charge on any atom is 0.409 e. The van der Waals surface area contributed by atoms with Gasteiger partial charge in [-0.05, 0) is 178 Å². The van der Waals surface area contributed by atoms with Gasteiger partial charge in [0.25, 0.3) is 27.8 Å². The molecular formula is C75H93N11O15S2. The van der Waals surface area contributed by atoms with Crippen LogP contribution < -0.4 is 26.2 Å². The van der Waals surface area contributed by atoms with Crippen molar-refractivity contribution < 1.29 is 70.6 Å². The van der Waals surface area contributed by atoms with Gasteiger partial charge in [-0.2, -0.15) is 13.5 Å². The number of carboxylic acids is 1. The van der Waals surface area contributed by atoms with Gasteiger partial charge >= 0.3 is 12.1 Å². The third-order valence-electron chi connectivity index (χ3n) is 20.6. The number of fused-ring (bicyclic) bond motifs is 2. The number of hydrogen-bond donors (Lipinski definition) is 6. The molecule has 6 aromatic rings. The molecule has 12 rings (SSSR count). The normalized spacial score (nSPS) is 21.0. The van der Waals surface area contributed by atoms with E-state index in [1.54, 1.807) is 51.4 Å². The van der Waals surface area contributed by atoms with Crippen LogP contribution in [0.25, 0.3) is 21.3 Å². The topological polar surface area (TPSA) is 340 Å². The zero-order chi connectivity index (χ0) is 73.6. The van der Waals surface area contributed by atoms with Crippen LogP contribution in [0, 0.1) is 29.1 Å². The van der Waals surface area contributed by atoms with Crippen LogP contribution in [0.5, 0.6) is 0 Å². The van der Waals surface area contributed by atoms with E-state index in [9.17, 15) is 51.9 Å². The van der Waals surface area contributed by atoms with Gasteiger partial charge < -0.3 is 45.1 Å². The minimum atomic E-state index is -4.14. The molecule has 4 bridgehead atoms. The van der Waals surface area contributed by atoms with Crippen LogP contribution in [0.15, 0.2) is 91.1 Å². The molecule has 3 aromatic heterocycles. The second-order valence-electron chi connectivity index (χ2n) is 29.7. The first-order chi connectivity index (χ1) is 49.0. The third kappa shape index (κ3) is 18.3. The number of benzene rings is 3. The lowest BCUT2D eigenvalue weighted by molar-refractivity contribution is -0.248. The van der Waals surface area contributed by atoms with Gasteiger partial charge in [0.15, 0.2) is 10.8 Å². The number of aromatic carboxylic acids is 1. The van der Waals surface area contributed by atoms with Gasteiger partial charge in [-0.25, -0.2) is 19.6 Å². The second-order valence-corrected chi connectivity index (χ2v) is 32.3. The molecule has 4 saturated carbocycles. The van der Waals surface area contributed by atoms with Gasteiger partial charge in [0.05, 0.1) is 34.4 Å². The average molecular weight is 1450 g/mol. The number of carbonyl (C=O) groups excluding carboxylic acids is 7. The maximum atomic E-state index is 13.8. The van der Waals surface area contributed by atoms with E-state index in [1.807, 2.05) is 65.0 Å². The van der Waals surface area contributed by atoms with Crippen molar-refractivity contribution in [3.63, 3.8) is 0 Å². The van der Waals surface area contributed by atoms with Gasteiger partial charge in [0, 0.05) is 99.6 Å². The summed E-state index contributed by atoms with van der Waals surface area (Å²) in [5.41, 5.74) is 6.20. The first kappa shape index (κ1) is 75.2. The molecular weight excluding hydrogens is 1360 g/mol. The first-order valence-corrected chi connectivity index (χ1v) is 37.8. The SMILES string of the molecule is Cc1c(-c2ccc(N3CCc4cccc(C(=O)Nc5nc6ccccc6s5)c4C3)nc2C(=O)O)cnn1CC12CC3(C)CC(C)(C1)CC(OCCN(C)C(=O)OCc1ccc(NC(=O)[C@H](C)NC(=O)C(NC(=O)CCCCCN4C(=O)C=CC4=O)C(C)C)cc1CCCOCCCS(=O)(=O)O)(C3)C2. The molecule has 6 aliphatic rings. The van der Waals surface area contributed by atoms with Gasteiger partial charge in [-0.15, -0.1) is 0 Å². The Morgan fingerprint density at radius 1 is 0.786 bits per heavy atom. The number of hydrogen-bond acceptors (Lipinski definition) is 18. The minimum Gasteiger partial charge on any atom is -0.476 e. The molecule has 3 unspecified atom stereocenters. The molecule has 4 atom stereocenters. The van der Waals surface area contributed by atoms with Crippen molar-refractivity contribution in [2.45, 2.75) is 169 Å². The van der Waals surface area contributed by atoms with Crippen LogP contribution in [-0.4, -0.2) is 165 Å². The molecule has 4 fully saturated rings. The zero-order valence-corrected chi connectivity index (χ0v) is 61.1. The number of carboxylic acid groups (broad SMARTS) is 1. The summed E-state index contributed by atoms with van der Waals surface area (Å²) in [4.78, 5) is 119. The molecule has 6 N–H and O–H groups in total. The van der Waals surface area contributed by atoms with Crippen molar-refractivity contribution in [1.82, 2.24) is 40.2 Å². The van der Waals surface area contributed by atoms with Crippen LogP contribution in [0.1, 0.15) is 160 Å². The Balaban J connectivity index is 0.689. The number of carbonyl (C=O) groups is 8. The lowest BCUT2D eigenvalue weighted by atomic mass is 9.39. The Labute approximate surface area is 603 Å². The van der Waals surface area contributed by atoms with Crippen molar-refractivity contribution in [2.75, 3.05) is 67.8 Å². The lowest BCUT2D eigenvalue weighted by Gasteiger charge is -2.69. The molecule has 0 spiro atoms. The predicted molar refractivity (Wildman–Crippen MR) is 388 cm³/mol. The summed E-state index contributed by atoms with van der Waals surface area (Å²) in [5, 5.41) is 27.6. The fourth-order valence-corrected chi connectivity index (χ4v) is 18.2. The summed E-state index contributed by atoms with van der Waals surface area (Å²) in [6.45, 7) is 14.3. The van der Waals surface area contributed by atoms with Gasteiger partial charge in [0.2, 0.25) is 17.7 Å². The number of nitrogens with zero attached hydrogens (tertiary/aromatic N) is 7. The Kier molecular flexibility index (Phi) is 23.0. The van der Waals surface area contributed by atoms with Crippen LogP contribution in [0.4, 0.5) is 21.4 Å². The number of anilines is 3. The van der Waals surface area contributed by atoms with Crippen molar-refractivity contribution in [1.29, 1.82) is 0 Å². The number of nitrogens with one attached hydrogen (secondary N) is 4. The summed E-state index contributed by atoms with van der Waals surface area (Å²) in [6.07, 6.45) is 12.5. The third-order valence-corrected chi connectivity index (χ3v) is 22.3. The highest BCUT2D eigenvalue weighted by molar-refractivity contribution is 7.85. The van der Waals surface area contributed by atoms with E-state index in [-0.39, 0.29) is 104 Å². The molecule has 5 heterocycles. The molecule has 4 aliphatic carbocycles. The molecule has 28 heteroatoms. The summed E-state index contributed by atoms with van der Waals surface area (Å²) in [7, 11) is -2.48. The molecule has 0 saturated heterocycles. The number of imide groups is 1. The van der Waals surface area contributed by atoms with E-state index in [2.05, 4.69) is 40.1 Å². The zero-order valence-electron chi connectivity index (χ0n) is 59.5. The smallest absolute Gasteiger partial charge is 0.409 e. The van der Waals surface area contributed by atoms with E-state index in [4.69, 9.17) is 28.8 Å². The number of amides is 7. The second kappa shape index (κ2) is 31.6. The van der Waals surface area contributed by atoms with Crippen LogP contribution in [-0.2, 0) is 80.8 Å². The highest BCUT2D eigenvalue weighted by atomic mass is 32.2. The molecule has 103 heavy (non-hydrogen) atoms. The lowest BCUT2D eigenvalue weighted by Crippen LogP contribution is -2.64. The largest absolute Gasteiger partial charge is 0.476 e. The molecule has 0 radical (unpaired) electrons. The molecule has 7 amide bonds. The van der Waals surface area contributed by atoms with Gasteiger partial charge in [-0.3, -0.25) is 48.2 Å². The molecule has 550 valence electrons. The van der Waals surface area contributed by atoms with Crippen LogP contribution in [0.2, 0.25) is 0 Å². The number of pyridine rings is 1. The van der Waals surface area contributed by atoms with Crippen molar-refractivity contribution in [3.05, 3.63) is 130 Å². The van der Waals surface area contributed by atoms with E-state index in [0.29, 0.717) is 97.0 Å². The van der Waals surface area contributed by atoms with E-state index in [1.165, 1.54) is 35.3 Å². The molecule has 26 nitrogen and oxygen atoms in total. The number of likely N-dealkylation sites (N-methyl/N-ethyl adjacent to an activating group) is 1. The van der Waals surface area contributed by atoms with E-state index in [0.717, 1.165) is 76.0 Å². The number of aromatic nitrogens is 4. The first-order valence-electron chi connectivity index (χ1n) is 35.4. The van der Waals surface area contributed by atoms with Crippen LogP contribution >= 0.6 is 11.3 Å². The number of aryl methyl sites for hydroxylation is 1.